The summed E-state index contributed by atoms with van der Waals surface area (Å²) in [6, 6.07) is 4.47. The van der Waals surface area contributed by atoms with E-state index in [0.29, 0.717) is 5.92 Å². The number of hydrogen-bond donors (Lipinski definition) is 1. The Bertz CT molecular complexity index is 441. The van der Waals surface area contributed by atoms with E-state index >= 15 is 0 Å². The molecular formula is C12H16N2. The molecule has 2 nitrogen and oxygen atoms in total. The van der Waals surface area contributed by atoms with Gasteiger partial charge in [-0.1, -0.05) is 20.8 Å². The Labute approximate surface area is 84.3 Å². The molecule has 0 radical (unpaired) electrons. The molecule has 2 aromatic rings. The quantitative estimate of drug-likeness (QED) is 0.770. The molecule has 0 bridgehead atoms. The molecule has 0 aliphatic heterocycles. The van der Waals surface area contributed by atoms with Crippen molar-refractivity contribution in [2.75, 3.05) is 0 Å². The summed E-state index contributed by atoms with van der Waals surface area (Å²) in [5.41, 5.74) is 4.02. The van der Waals surface area contributed by atoms with Gasteiger partial charge in [0.2, 0.25) is 0 Å². The topological polar surface area (TPSA) is 28.7 Å². The monoisotopic (exact) mass is 188 g/mol. The van der Waals surface area contributed by atoms with Gasteiger partial charge in [0.05, 0.1) is 11.7 Å². The molecule has 1 N–H and O–H groups in total. The zero-order valence-corrected chi connectivity index (χ0v) is 8.96. The van der Waals surface area contributed by atoms with Crippen LogP contribution in [0.5, 0.6) is 0 Å². The van der Waals surface area contributed by atoms with E-state index in [1.54, 1.807) is 0 Å². The lowest BCUT2D eigenvalue weighted by atomic mass is 9.94. The van der Waals surface area contributed by atoms with Gasteiger partial charge in [-0.3, -0.25) is 5.10 Å². The van der Waals surface area contributed by atoms with Crippen LogP contribution >= 0.6 is 0 Å². The van der Waals surface area contributed by atoms with Crippen molar-refractivity contribution in [3.8, 4) is 0 Å². The molecule has 0 aliphatic rings. The van der Waals surface area contributed by atoms with Crippen molar-refractivity contribution in [1.82, 2.24) is 10.2 Å². The second-order valence-electron chi connectivity index (χ2n) is 4.02. The third kappa shape index (κ3) is 1.41. The predicted octanol–water partition coefficient (Wildman–Crippen LogP) is 3.25. The van der Waals surface area contributed by atoms with E-state index < -0.39 is 0 Å². The predicted molar refractivity (Wildman–Crippen MR) is 59.6 cm³/mol. The minimum atomic E-state index is 0.581. The fourth-order valence-electron chi connectivity index (χ4n) is 1.90. The molecule has 1 aromatic carbocycles. The molecule has 2 heteroatoms. The molecular weight excluding hydrogens is 172 g/mol. The summed E-state index contributed by atoms with van der Waals surface area (Å²) in [6.07, 6.45) is 2.98. The maximum atomic E-state index is 4.05. The van der Waals surface area contributed by atoms with E-state index in [1.807, 2.05) is 6.20 Å². The van der Waals surface area contributed by atoms with Gasteiger partial charge in [0.1, 0.15) is 0 Å². The summed E-state index contributed by atoms with van der Waals surface area (Å²) in [5, 5.41) is 8.28. The fraction of sp³-hybridized carbons (Fsp3) is 0.417. The fourth-order valence-corrected chi connectivity index (χ4v) is 1.90. The van der Waals surface area contributed by atoms with E-state index in [9.17, 15) is 0 Å². The molecule has 1 aromatic heterocycles. The highest BCUT2D eigenvalue weighted by Gasteiger charge is 2.07. The largest absolute Gasteiger partial charge is 0.278 e. The number of nitrogens with zero attached hydrogens (tertiary/aromatic N) is 1. The molecule has 0 saturated carbocycles. The van der Waals surface area contributed by atoms with Crippen molar-refractivity contribution in [1.29, 1.82) is 0 Å². The van der Waals surface area contributed by atoms with Crippen molar-refractivity contribution < 1.29 is 0 Å². The third-order valence-electron chi connectivity index (χ3n) is 2.70. The normalized spacial score (nSPS) is 11.4. The number of aromatic amines is 1. The second-order valence-corrected chi connectivity index (χ2v) is 4.02. The Balaban J connectivity index is 2.66. The first kappa shape index (κ1) is 9.25. The van der Waals surface area contributed by atoms with Crippen molar-refractivity contribution >= 4 is 10.9 Å². The van der Waals surface area contributed by atoms with Crippen LogP contribution in [0.25, 0.3) is 10.9 Å². The highest BCUT2D eigenvalue weighted by atomic mass is 15.1. The molecule has 0 spiro atoms. The summed E-state index contributed by atoms with van der Waals surface area (Å²) < 4.78 is 0. The van der Waals surface area contributed by atoms with Crippen LogP contribution in [0.3, 0.4) is 0 Å². The lowest BCUT2D eigenvalue weighted by Gasteiger charge is -2.11. The van der Waals surface area contributed by atoms with Crippen LogP contribution in [0.2, 0.25) is 0 Å². The highest BCUT2D eigenvalue weighted by molar-refractivity contribution is 5.79. The van der Waals surface area contributed by atoms with Gasteiger partial charge in [-0.15, -0.1) is 0 Å². The van der Waals surface area contributed by atoms with E-state index in [2.05, 4.69) is 43.1 Å². The minimum absolute atomic E-state index is 0.581. The van der Waals surface area contributed by atoms with Crippen LogP contribution in [0, 0.1) is 0 Å². The van der Waals surface area contributed by atoms with Crippen LogP contribution in [0.1, 0.15) is 37.8 Å². The first-order valence-electron chi connectivity index (χ1n) is 5.18. The number of H-pyrrole nitrogens is 1. The molecule has 14 heavy (non-hydrogen) atoms. The van der Waals surface area contributed by atoms with Crippen LogP contribution in [-0.4, -0.2) is 10.2 Å². The Kier molecular flexibility index (Phi) is 2.28. The molecule has 2 rings (SSSR count). The SMILES string of the molecule is CCc1cc2cn[nH]c2cc1C(C)C. The van der Waals surface area contributed by atoms with E-state index in [0.717, 1.165) is 11.9 Å². The molecule has 0 unspecified atom stereocenters. The van der Waals surface area contributed by atoms with E-state index in [4.69, 9.17) is 0 Å². The zero-order chi connectivity index (χ0) is 10.1. The summed E-state index contributed by atoms with van der Waals surface area (Å²) >= 11 is 0. The van der Waals surface area contributed by atoms with Crippen molar-refractivity contribution in [2.45, 2.75) is 33.1 Å². The number of aryl methyl sites for hydroxylation is 1. The van der Waals surface area contributed by atoms with Gasteiger partial charge in [0.15, 0.2) is 0 Å². The molecule has 0 atom stereocenters. The van der Waals surface area contributed by atoms with Crippen molar-refractivity contribution in [3.05, 3.63) is 29.5 Å². The first-order chi connectivity index (χ1) is 6.72. The van der Waals surface area contributed by atoms with Crippen LogP contribution < -0.4 is 0 Å². The van der Waals surface area contributed by atoms with E-state index in [1.165, 1.54) is 16.5 Å². The summed E-state index contributed by atoms with van der Waals surface area (Å²) in [5.74, 6) is 0.581. The van der Waals surface area contributed by atoms with Gasteiger partial charge in [-0.05, 0) is 35.6 Å². The van der Waals surface area contributed by atoms with Gasteiger partial charge < -0.3 is 0 Å². The summed E-state index contributed by atoms with van der Waals surface area (Å²) in [4.78, 5) is 0. The maximum Gasteiger partial charge on any atom is 0.0653 e. The highest BCUT2D eigenvalue weighted by Crippen LogP contribution is 2.24. The van der Waals surface area contributed by atoms with Gasteiger partial charge in [-0.2, -0.15) is 5.10 Å². The Morgan fingerprint density at radius 2 is 2.14 bits per heavy atom. The molecule has 1 heterocycles. The number of hydrogen-bond acceptors (Lipinski definition) is 1. The Hall–Kier alpha value is -1.31. The smallest absolute Gasteiger partial charge is 0.0653 e. The maximum absolute atomic E-state index is 4.05. The average molecular weight is 188 g/mol. The van der Waals surface area contributed by atoms with Crippen LogP contribution in [0.4, 0.5) is 0 Å². The van der Waals surface area contributed by atoms with Gasteiger partial charge in [-0.25, -0.2) is 0 Å². The van der Waals surface area contributed by atoms with E-state index in [-0.39, 0.29) is 0 Å². The van der Waals surface area contributed by atoms with Crippen molar-refractivity contribution in [2.24, 2.45) is 0 Å². The minimum Gasteiger partial charge on any atom is -0.278 e. The number of benzene rings is 1. The van der Waals surface area contributed by atoms with Gasteiger partial charge in [0, 0.05) is 5.39 Å². The Morgan fingerprint density at radius 1 is 1.36 bits per heavy atom. The molecule has 74 valence electrons. The second kappa shape index (κ2) is 3.45. The standard InChI is InChI=1S/C12H16N2/c1-4-9-5-10-7-13-14-12(10)6-11(9)8(2)3/h5-8H,4H2,1-3H3,(H,13,14). The number of aromatic nitrogens is 2. The van der Waals surface area contributed by atoms with Crippen LogP contribution in [0.15, 0.2) is 18.3 Å². The van der Waals surface area contributed by atoms with Crippen LogP contribution in [-0.2, 0) is 6.42 Å². The van der Waals surface area contributed by atoms with Gasteiger partial charge in [0.25, 0.3) is 0 Å². The number of fused-ring (bicyclic) bond motifs is 1. The molecule has 0 saturated heterocycles. The number of nitrogens with one attached hydrogen (secondary N) is 1. The zero-order valence-electron chi connectivity index (χ0n) is 8.96. The molecule has 0 fully saturated rings. The van der Waals surface area contributed by atoms with Crippen molar-refractivity contribution in [3.63, 3.8) is 0 Å². The average Bonchev–Trinajstić information content (AvgIpc) is 2.62. The molecule has 0 aliphatic carbocycles. The Morgan fingerprint density at radius 3 is 2.79 bits per heavy atom. The summed E-state index contributed by atoms with van der Waals surface area (Å²) in [7, 11) is 0. The third-order valence-corrected chi connectivity index (χ3v) is 2.70. The number of rotatable bonds is 2. The summed E-state index contributed by atoms with van der Waals surface area (Å²) in [6.45, 7) is 6.67. The lowest BCUT2D eigenvalue weighted by molar-refractivity contribution is 0.846. The van der Waals surface area contributed by atoms with Gasteiger partial charge >= 0.3 is 0 Å². The lowest BCUT2D eigenvalue weighted by Crippen LogP contribution is -1.94. The molecule has 0 amide bonds. The first-order valence-corrected chi connectivity index (χ1v) is 5.18.